The normalized spacial score (nSPS) is 18.5. The number of rotatable bonds is 5. The number of hydrogen-bond donors (Lipinski definition) is 1. The fourth-order valence-electron chi connectivity index (χ4n) is 2.06. The van der Waals surface area contributed by atoms with Crippen molar-refractivity contribution < 1.29 is 4.84 Å². The molecule has 0 spiro atoms. The van der Waals surface area contributed by atoms with Crippen LogP contribution in [0, 0.1) is 0 Å². The quantitative estimate of drug-likeness (QED) is 0.497. The molecule has 2 N–H and O–H groups in total. The van der Waals surface area contributed by atoms with E-state index in [0.29, 0.717) is 12.6 Å². The van der Waals surface area contributed by atoms with Crippen molar-refractivity contribution in [3.8, 4) is 0 Å². The molecule has 102 valence electrons. The summed E-state index contributed by atoms with van der Waals surface area (Å²) in [5, 5.41) is 5.41. The van der Waals surface area contributed by atoms with Crippen LogP contribution in [-0.2, 0) is 11.4 Å². The first-order valence-corrected chi connectivity index (χ1v) is 6.55. The van der Waals surface area contributed by atoms with E-state index >= 15 is 0 Å². The maximum Gasteiger partial charge on any atom is 0.0935 e. The predicted octanol–water partition coefficient (Wildman–Crippen LogP) is 1.60. The topological polar surface area (TPSA) is 63.2 Å². The lowest BCUT2D eigenvalue weighted by molar-refractivity contribution is -0.179. The molecular formula is C14H20N4O. The molecule has 5 nitrogen and oxygen atoms in total. The summed E-state index contributed by atoms with van der Waals surface area (Å²) in [5.74, 6) is 5.01. The molecule has 1 aromatic carbocycles. The van der Waals surface area contributed by atoms with Crippen LogP contribution in [-0.4, -0.2) is 36.6 Å². The standard InChI is InChI=1S/C14H20N4O/c15-17-9-8-16-14-6-10-18(11-7-14)19-12-13-4-2-1-3-5-13/h1-5,8-9,14H,6-7,10-12,15H2. The van der Waals surface area contributed by atoms with E-state index in [1.807, 2.05) is 23.3 Å². The highest BCUT2D eigenvalue weighted by molar-refractivity contribution is 6.15. The molecule has 0 atom stereocenters. The van der Waals surface area contributed by atoms with Crippen molar-refractivity contribution in [1.82, 2.24) is 5.06 Å². The third kappa shape index (κ3) is 4.81. The number of hydrogen-bond acceptors (Lipinski definition) is 5. The van der Waals surface area contributed by atoms with E-state index in [1.165, 1.54) is 11.8 Å². The van der Waals surface area contributed by atoms with Gasteiger partial charge in [-0.1, -0.05) is 30.3 Å². The van der Waals surface area contributed by atoms with Gasteiger partial charge in [0.2, 0.25) is 0 Å². The molecule has 0 saturated carbocycles. The lowest BCUT2D eigenvalue weighted by Crippen LogP contribution is -2.35. The van der Waals surface area contributed by atoms with Crippen molar-refractivity contribution in [2.45, 2.75) is 25.5 Å². The molecule has 5 heteroatoms. The minimum absolute atomic E-state index is 0.356. The Morgan fingerprint density at radius 1 is 1.21 bits per heavy atom. The molecule has 19 heavy (non-hydrogen) atoms. The summed E-state index contributed by atoms with van der Waals surface area (Å²) < 4.78 is 0. The monoisotopic (exact) mass is 260 g/mol. The molecule has 1 aromatic rings. The van der Waals surface area contributed by atoms with Crippen LogP contribution in [0.2, 0.25) is 0 Å². The molecular weight excluding hydrogens is 240 g/mol. The summed E-state index contributed by atoms with van der Waals surface area (Å²) in [6.45, 7) is 2.46. The van der Waals surface area contributed by atoms with Crippen LogP contribution in [0.1, 0.15) is 18.4 Å². The summed E-state index contributed by atoms with van der Waals surface area (Å²) in [5.41, 5.74) is 1.20. The third-order valence-electron chi connectivity index (χ3n) is 3.13. The Hall–Kier alpha value is -1.72. The Labute approximate surface area is 113 Å². The summed E-state index contributed by atoms with van der Waals surface area (Å²) in [6.07, 6.45) is 5.19. The molecule has 0 amide bonds. The van der Waals surface area contributed by atoms with Gasteiger partial charge >= 0.3 is 0 Å². The Morgan fingerprint density at radius 2 is 1.95 bits per heavy atom. The van der Waals surface area contributed by atoms with E-state index < -0.39 is 0 Å². The minimum Gasteiger partial charge on any atom is -0.323 e. The fraction of sp³-hybridized carbons (Fsp3) is 0.429. The zero-order chi connectivity index (χ0) is 13.3. The number of nitrogens with zero attached hydrogens (tertiary/aromatic N) is 3. The SMILES string of the molecule is NN=CC=NC1CCN(OCc2ccccc2)CC1. The summed E-state index contributed by atoms with van der Waals surface area (Å²) >= 11 is 0. The van der Waals surface area contributed by atoms with Gasteiger partial charge in [-0.25, -0.2) is 0 Å². The van der Waals surface area contributed by atoms with Gasteiger partial charge in [-0.15, -0.1) is 0 Å². The molecule has 2 rings (SSSR count). The van der Waals surface area contributed by atoms with E-state index in [4.69, 9.17) is 10.7 Å². The molecule has 0 aliphatic carbocycles. The predicted molar refractivity (Wildman–Crippen MR) is 77.0 cm³/mol. The Balaban J connectivity index is 1.69. The van der Waals surface area contributed by atoms with Crippen LogP contribution in [0.3, 0.4) is 0 Å². The molecule has 0 aromatic heterocycles. The average molecular weight is 260 g/mol. The van der Waals surface area contributed by atoms with E-state index in [-0.39, 0.29) is 0 Å². The van der Waals surface area contributed by atoms with Crippen molar-refractivity contribution in [3.05, 3.63) is 35.9 Å². The summed E-state index contributed by atoms with van der Waals surface area (Å²) in [7, 11) is 0. The number of nitrogens with two attached hydrogens (primary N) is 1. The highest BCUT2D eigenvalue weighted by Gasteiger charge is 2.18. The molecule has 0 bridgehead atoms. The number of aliphatic imine (C=N–C) groups is 1. The Bertz CT molecular complexity index is 411. The van der Waals surface area contributed by atoms with Crippen LogP contribution >= 0.6 is 0 Å². The molecule has 1 heterocycles. The van der Waals surface area contributed by atoms with Crippen molar-refractivity contribution in [2.24, 2.45) is 15.9 Å². The van der Waals surface area contributed by atoms with Crippen molar-refractivity contribution in [1.29, 1.82) is 0 Å². The highest BCUT2D eigenvalue weighted by atomic mass is 16.7. The van der Waals surface area contributed by atoms with Gasteiger partial charge in [0.05, 0.1) is 18.9 Å². The van der Waals surface area contributed by atoms with Gasteiger partial charge in [0.1, 0.15) is 0 Å². The maximum atomic E-state index is 5.78. The van der Waals surface area contributed by atoms with Gasteiger partial charge in [-0.3, -0.25) is 9.83 Å². The summed E-state index contributed by atoms with van der Waals surface area (Å²) in [4.78, 5) is 10.2. The van der Waals surface area contributed by atoms with Crippen LogP contribution in [0.5, 0.6) is 0 Å². The minimum atomic E-state index is 0.356. The van der Waals surface area contributed by atoms with Crippen molar-refractivity contribution in [2.75, 3.05) is 13.1 Å². The van der Waals surface area contributed by atoms with Crippen molar-refractivity contribution in [3.63, 3.8) is 0 Å². The lowest BCUT2D eigenvalue weighted by Gasteiger charge is -2.29. The first kappa shape index (κ1) is 13.7. The second kappa shape index (κ2) is 7.66. The van der Waals surface area contributed by atoms with E-state index in [9.17, 15) is 0 Å². The molecule has 1 saturated heterocycles. The molecule has 1 fully saturated rings. The zero-order valence-electron chi connectivity index (χ0n) is 11.0. The Kier molecular flexibility index (Phi) is 5.52. The summed E-state index contributed by atoms with van der Waals surface area (Å²) in [6, 6.07) is 10.6. The average Bonchev–Trinajstić information content (AvgIpc) is 2.48. The van der Waals surface area contributed by atoms with Crippen LogP contribution in [0.4, 0.5) is 0 Å². The number of hydroxylamine groups is 2. The van der Waals surface area contributed by atoms with Crippen LogP contribution in [0.25, 0.3) is 0 Å². The van der Waals surface area contributed by atoms with Gasteiger partial charge in [0.15, 0.2) is 0 Å². The first-order chi connectivity index (χ1) is 9.38. The van der Waals surface area contributed by atoms with Crippen LogP contribution in [0.15, 0.2) is 40.4 Å². The molecule has 0 unspecified atom stereocenters. The second-order valence-corrected chi connectivity index (χ2v) is 4.52. The van der Waals surface area contributed by atoms with E-state index in [0.717, 1.165) is 25.9 Å². The lowest BCUT2D eigenvalue weighted by atomic mass is 10.1. The van der Waals surface area contributed by atoms with Crippen LogP contribution < -0.4 is 5.84 Å². The van der Waals surface area contributed by atoms with Gasteiger partial charge < -0.3 is 5.84 Å². The molecule has 0 radical (unpaired) electrons. The number of hydrazone groups is 1. The van der Waals surface area contributed by atoms with Gasteiger partial charge in [-0.05, 0) is 18.4 Å². The molecule has 1 aliphatic rings. The molecule has 1 aliphatic heterocycles. The first-order valence-electron chi connectivity index (χ1n) is 6.55. The highest BCUT2D eigenvalue weighted by Crippen LogP contribution is 2.14. The number of piperidine rings is 1. The van der Waals surface area contributed by atoms with Crippen molar-refractivity contribution >= 4 is 12.4 Å². The Morgan fingerprint density at radius 3 is 2.63 bits per heavy atom. The van der Waals surface area contributed by atoms with E-state index in [2.05, 4.69) is 22.2 Å². The zero-order valence-corrected chi connectivity index (χ0v) is 11.0. The van der Waals surface area contributed by atoms with Gasteiger partial charge in [0, 0.05) is 19.3 Å². The van der Waals surface area contributed by atoms with Gasteiger partial charge in [-0.2, -0.15) is 10.2 Å². The number of benzene rings is 1. The smallest absolute Gasteiger partial charge is 0.0935 e. The largest absolute Gasteiger partial charge is 0.323 e. The van der Waals surface area contributed by atoms with Gasteiger partial charge in [0.25, 0.3) is 0 Å². The third-order valence-corrected chi connectivity index (χ3v) is 3.13. The fourth-order valence-corrected chi connectivity index (χ4v) is 2.06. The maximum absolute atomic E-state index is 5.78. The van der Waals surface area contributed by atoms with E-state index in [1.54, 1.807) is 6.21 Å². The second-order valence-electron chi connectivity index (χ2n) is 4.52.